The van der Waals surface area contributed by atoms with Crippen molar-refractivity contribution >= 4 is 32.3 Å². The number of nitrogens with zero attached hydrogens (tertiary/aromatic N) is 4. The number of fused-ring (bicyclic) bond motifs is 1. The quantitative estimate of drug-likeness (QED) is 0.343. The van der Waals surface area contributed by atoms with Crippen LogP contribution in [0.3, 0.4) is 0 Å². The molecule has 1 N–H and O–H groups in total. The van der Waals surface area contributed by atoms with Crippen LogP contribution in [0.2, 0.25) is 0 Å². The van der Waals surface area contributed by atoms with Crippen molar-refractivity contribution in [2.45, 2.75) is 25.7 Å². The van der Waals surface area contributed by atoms with Crippen molar-refractivity contribution in [1.29, 1.82) is 0 Å². The molecule has 0 bridgehead atoms. The summed E-state index contributed by atoms with van der Waals surface area (Å²) in [6.07, 6.45) is 0. The number of hydrogen-bond acceptors (Lipinski definition) is 5. The van der Waals surface area contributed by atoms with Gasteiger partial charge in [0, 0.05) is 10.8 Å². The number of para-hydroxylation sites is 1. The average molecular weight is 420 g/mol. The van der Waals surface area contributed by atoms with Gasteiger partial charge in [0.25, 0.3) is 10.1 Å². The van der Waals surface area contributed by atoms with E-state index in [9.17, 15) is 13.0 Å². The Morgan fingerprint density at radius 3 is 2.13 bits per heavy atom. The molecule has 1 heterocycles. The summed E-state index contributed by atoms with van der Waals surface area (Å²) in [7, 11) is -4.36. The van der Waals surface area contributed by atoms with Gasteiger partial charge in [0.05, 0.1) is 22.8 Å². The minimum absolute atomic E-state index is 0.140. The van der Waals surface area contributed by atoms with E-state index in [0.29, 0.717) is 27.7 Å². The van der Waals surface area contributed by atoms with Gasteiger partial charge >= 0.3 is 0 Å². The molecule has 0 unspecified atom stereocenters. The Balaban J connectivity index is 1.85. The zero-order valence-corrected chi connectivity index (χ0v) is 17.6. The molecule has 4 aromatic rings. The Bertz CT molecular complexity index is 1390. The lowest BCUT2D eigenvalue weighted by molar-refractivity contribution is 0.484. The summed E-state index contributed by atoms with van der Waals surface area (Å²) in [5.74, 6) is 0. The van der Waals surface area contributed by atoms with Gasteiger partial charge in [-0.3, -0.25) is 4.55 Å². The maximum Gasteiger partial charge on any atom is 0.295 e. The summed E-state index contributed by atoms with van der Waals surface area (Å²) in [6, 6.07) is 18.1. The van der Waals surface area contributed by atoms with E-state index < -0.39 is 10.1 Å². The number of hydrogen-bond donors (Lipinski definition) is 1. The van der Waals surface area contributed by atoms with E-state index in [0.717, 1.165) is 17.1 Å². The van der Waals surface area contributed by atoms with Gasteiger partial charge in [-0.2, -0.15) is 13.5 Å². The van der Waals surface area contributed by atoms with E-state index in [1.165, 1.54) is 6.07 Å². The molecule has 152 valence electrons. The second-order valence-corrected chi connectivity index (χ2v) is 8.42. The average Bonchev–Trinajstić information content (AvgIpc) is 3.00. The number of benzene rings is 3. The van der Waals surface area contributed by atoms with Crippen molar-refractivity contribution < 1.29 is 13.0 Å². The van der Waals surface area contributed by atoms with E-state index in [2.05, 4.69) is 15.3 Å². The molecule has 0 aliphatic rings. The number of azo groups is 1. The smallest absolute Gasteiger partial charge is 0.282 e. The molecule has 0 fully saturated rings. The Kier molecular flexibility index (Phi) is 4.97. The summed E-state index contributed by atoms with van der Waals surface area (Å²) < 4.78 is 35.0. The van der Waals surface area contributed by atoms with Gasteiger partial charge in [0.15, 0.2) is 0 Å². The first-order chi connectivity index (χ1) is 14.3. The molecule has 1 aromatic heterocycles. The van der Waals surface area contributed by atoms with Gasteiger partial charge in [-0.05, 0) is 44.5 Å². The largest absolute Gasteiger partial charge is 0.295 e. The fraction of sp³-hybridized carbons (Fsp3) is 0.136. The molecule has 0 aliphatic carbocycles. The first-order valence-electron chi connectivity index (χ1n) is 9.30. The Morgan fingerprint density at radius 1 is 0.867 bits per heavy atom. The van der Waals surface area contributed by atoms with E-state index in [4.69, 9.17) is 0 Å². The number of rotatable bonds is 4. The molecule has 0 aliphatic heterocycles. The molecule has 0 atom stereocenters. The van der Waals surface area contributed by atoms with Crippen molar-refractivity contribution in [2.24, 2.45) is 10.2 Å². The minimum Gasteiger partial charge on any atom is -0.282 e. The Hall–Kier alpha value is -3.36. The molecule has 0 amide bonds. The highest BCUT2D eigenvalue weighted by atomic mass is 32.2. The normalized spacial score (nSPS) is 12.1. The van der Waals surface area contributed by atoms with Gasteiger partial charge in [-0.15, -0.1) is 10.2 Å². The Morgan fingerprint density at radius 2 is 1.47 bits per heavy atom. The van der Waals surface area contributed by atoms with Crippen molar-refractivity contribution in [3.63, 3.8) is 0 Å². The maximum atomic E-state index is 11.8. The first kappa shape index (κ1) is 19.9. The van der Waals surface area contributed by atoms with Crippen molar-refractivity contribution in [3.8, 4) is 5.69 Å². The molecular formula is C22H20N4O3S. The highest BCUT2D eigenvalue weighted by Gasteiger charge is 2.18. The topological polar surface area (TPSA) is 96.9 Å². The van der Waals surface area contributed by atoms with Crippen LogP contribution in [-0.4, -0.2) is 22.8 Å². The standard InChI is InChI=1S/C22H20N4O3S/c1-14-13-20(30(27,28)29)18-11-7-8-12-19(18)21(14)23-24-22-15(2)25-26(16(22)3)17-9-5-4-6-10-17/h4-13H,1-3H3,(H,27,28,29). The molecule has 7 nitrogen and oxygen atoms in total. The third kappa shape index (κ3) is 3.51. The molecule has 3 aromatic carbocycles. The highest BCUT2D eigenvalue weighted by molar-refractivity contribution is 7.86. The van der Waals surface area contributed by atoms with Crippen LogP contribution in [0.1, 0.15) is 17.0 Å². The van der Waals surface area contributed by atoms with Crippen LogP contribution in [0, 0.1) is 20.8 Å². The molecule has 30 heavy (non-hydrogen) atoms. The molecule has 8 heteroatoms. The predicted molar refractivity (Wildman–Crippen MR) is 116 cm³/mol. The number of aryl methyl sites for hydroxylation is 2. The predicted octanol–water partition coefficient (Wildman–Crippen LogP) is 5.61. The highest BCUT2D eigenvalue weighted by Crippen LogP contribution is 2.36. The van der Waals surface area contributed by atoms with Gasteiger partial charge < -0.3 is 0 Å². The fourth-order valence-electron chi connectivity index (χ4n) is 3.51. The zero-order chi connectivity index (χ0) is 21.5. The zero-order valence-electron chi connectivity index (χ0n) is 16.7. The van der Waals surface area contributed by atoms with Gasteiger partial charge in [-0.25, -0.2) is 4.68 Å². The fourth-order valence-corrected chi connectivity index (χ4v) is 4.29. The number of aromatic nitrogens is 2. The lowest BCUT2D eigenvalue weighted by atomic mass is 10.1. The van der Waals surface area contributed by atoms with Crippen molar-refractivity contribution in [1.82, 2.24) is 9.78 Å². The summed E-state index contributed by atoms with van der Waals surface area (Å²) >= 11 is 0. The van der Waals surface area contributed by atoms with E-state index in [-0.39, 0.29) is 4.90 Å². The van der Waals surface area contributed by atoms with Crippen LogP contribution in [0.25, 0.3) is 16.5 Å². The van der Waals surface area contributed by atoms with Gasteiger partial charge in [0.1, 0.15) is 10.6 Å². The second-order valence-electron chi connectivity index (χ2n) is 7.03. The molecule has 0 saturated heterocycles. The van der Waals surface area contributed by atoms with Crippen LogP contribution in [0.15, 0.2) is 75.8 Å². The summed E-state index contributed by atoms with van der Waals surface area (Å²) in [5, 5.41) is 14.5. The van der Waals surface area contributed by atoms with E-state index >= 15 is 0 Å². The van der Waals surface area contributed by atoms with Crippen LogP contribution < -0.4 is 0 Å². The third-order valence-corrected chi connectivity index (χ3v) is 5.84. The van der Waals surface area contributed by atoms with Crippen molar-refractivity contribution in [2.75, 3.05) is 0 Å². The molecular weight excluding hydrogens is 400 g/mol. The maximum absolute atomic E-state index is 11.8. The summed E-state index contributed by atoms with van der Waals surface area (Å²) in [4.78, 5) is -0.140. The van der Waals surface area contributed by atoms with Crippen molar-refractivity contribution in [3.05, 3.63) is 77.6 Å². The second kappa shape index (κ2) is 7.47. The molecule has 0 saturated carbocycles. The lowest BCUT2D eigenvalue weighted by Crippen LogP contribution is -2.00. The molecule has 4 rings (SSSR count). The van der Waals surface area contributed by atoms with E-state index in [1.54, 1.807) is 31.2 Å². The minimum atomic E-state index is -4.36. The summed E-state index contributed by atoms with van der Waals surface area (Å²) in [6.45, 7) is 5.53. The van der Waals surface area contributed by atoms with Crippen LogP contribution in [0.4, 0.5) is 11.4 Å². The molecule has 0 radical (unpaired) electrons. The van der Waals surface area contributed by atoms with Gasteiger partial charge in [-0.1, -0.05) is 42.5 Å². The van der Waals surface area contributed by atoms with Gasteiger partial charge in [0.2, 0.25) is 0 Å². The monoisotopic (exact) mass is 420 g/mol. The first-order valence-corrected chi connectivity index (χ1v) is 10.7. The SMILES string of the molecule is Cc1cc(S(=O)(=O)O)c2ccccc2c1N=Nc1c(C)nn(-c2ccccc2)c1C. The van der Waals surface area contributed by atoms with E-state index in [1.807, 2.05) is 48.9 Å². The van der Waals surface area contributed by atoms with Crippen LogP contribution in [-0.2, 0) is 10.1 Å². The molecule has 0 spiro atoms. The summed E-state index contributed by atoms with van der Waals surface area (Å²) in [5.41, 5.74) is 4.30. The third-order valence-electron chi connectivity index (χ3n) is 4.95. The Labute approximate surface area is 174 Å². The van der Waals surface area contributed by atoms with Crippen LogP contribution in [0.5, 0.6) is 0 Å². The lowest BCUT2D eigenvalue weighted by Gasteiger charge is -2.09. The van der Waals surface area contributed by atoms with Crippen LogP contribution >= 0.6 is 0 Å².